The fraction of sp³-hybridized carbons (Fsp3) is 0.643. The number of nitrogens with zero attached hydrogens (tertiary/aromatic N) is 2. The number of carbonyl (C=O) groups excluding carboxylic acids is 1. The number of carbonyl (C=O) groups is 1. The highest BCUT2D eigenvalue weighted by molar-refractivity contribution is 7.89. The summed E-state index contributed by atoms with van der Waals surface area (Å²) in [6, 6.07) is 1.38. The summed E-state index contributed by atoms with van der Waals surface area (Å²) in [5.41, 5.74) is 0.358. The number of sulfonamides is 1. The number of rotatable bonds is 6. The minimum absolute atomic E-state index is 0.0280. The Labute approximate surface area is 127 Å². The van der Waals surface area contributed by atoms with Gasteiger partial charge in [-0.15, -0.1) is 0 Å². The van der Waals surface area contributed by atoms with Gasteiger partial charge in [0.15, 0.2) is 0 Å². The van der Waals surface area contributed by atoms with E-state index in [0.29, 0.717) is 12.2 Å². The van der Waals surface area contributed by atoms with Crippen LogP contribution in [0.5, 0.6) is 0 Å². The van der Waals surface area contributed by atoms with E-state index in [1.54, 1.807) is 9.47 Å². The molecule has 2 N–H and O–H groups in total. The zero-order valence-electron chi connectivity index (χ0n) is 13.3. The zero-order valence-corrected chi connectivity index (χ0v) is 14.1. The lowest BCUT2D eigenvalue weighted by atomic mass is 10.2. The van der Waals surface area contributed by atoms with E-state index in [4.69, 9.17) is 5.14 Å². The van der Waals surface area contributed by atoms with Crippen LogP contribution in [0.3, 0.4) is 0 Å². The number of amides is 1. The molecule has 0 aliphatic heterocycles. The molecule has 1 rings (SSSR count). The van der Waals surface area contributed by atoms with Crippen LogP contribution in [0.4, 0.5) is 0 Å². The number of hydrogen-bond acceptors (Lipinski definition) is 3. The van der Waals surface area contributed by atoms with E-state index in [9.17, 15) is 13.2 Å². The summed E-state index contributed by atoms with van der Waals surface area (Å²) >= 11 is 0. The molecule has 7 heteroatoms. The maximum Gasteiger partial charge on any atom is 0.270 e. The molecule has 0 spiro atoms. The Hall–Kier alpha value is -1.34. The first kappa shape index (κ1) is 17.7. The molecular weight excluding hydrogens is 290 g/mol. The fourth-order valence-corrected chi connectivity index (χ4v) is 2.73. The lowest BCUT2D eigenvalue weighted by Gasteiger charge is -2.27. The topological polar surface area (TPSA) is 85.4 Å². The van der Waals surface area contributed by atoms with Crippen LogP contribution in [0.1, 0.15) is 57.6 Å². The average molecular weight is 315 g/mol. The summed E-state index contributed by atoms with van der Waals surface area (Å²) in [6.07, 6.45) is 2.27. The van der Waals surface area contributed by atoms with Crippen LogP contribution in [0, 0.1) is 0 Å². The van der Waals surface area contributed by atoms with Crippen molar-refractivity contribution in [2.75, 3.05) is 6.54 Å². The Bertz CT molecular complexity index is 603. The maximum absolute atomic E-state index is 12.7. The SMILES string of the molecule is CCCN(C(=O)c1cc(S(N)(=O)=O)cn1C(C)C)C(C)C. The molecule has 0 saturated heterocycles. The van der Waals surface area contributed by atoms with Gasteiger partial charge in [0.2, 0.25) is 10.0 Å². The molecule has 1 aromatic heterocycles. The summed E-state index contributed by atoms with van der Waals surface area (Å²) in [7, 11) is -3.82. The predicted octanol–water partition coefficient (Wildman–Crippen LogP) is 1.98. The van der Waals surface area contributed by atoms with Crippen molar-refractivity contribution in [3.8, 4) is 0 Å². The molecule has 0 aromatic carbocycles. The van der Waals surface area contributed by atoms with E-state index < -0.39 is 10.0 Å². The van der Waals surface area contributed by atoms with Gasteiger partial charge in [0.05, 0.1) is 0 Å². The summed E-state index contributed by atoms with van der Waals surface area (Å²) in [4.78, 5) is 14.4. The quantitative estimate of drug-likeness (QED) is 0.871. The summed E-state index contributed by atoms with van der Waals surface area (Å²) in [6.45, 7) is 10.3. The van der Waals surface area contributed by atoms with Crippen molar-refractivity contribution in [1.82, 2.24) is 9.47 Å². The van der Waals surface area contributed by atoms with Crippen LogP contribution in [0.2, 0.25) is 0 Å². The molecule has 0 atom stereocenters. The summed E-state index contributed by atoms with van der Waals surface area (Å²) < 4.78 is 24.7. The molecule has 0 radical (unpaired) electrons. The molecule has 6 nitrogen and oxygen atoms in total. The highest BCUT2D eigenvalue weighted by atomic mass is 32.2. The smallest absolute Gasteiger partial charge is 0.270 e. The van der Waals surface area contributed by atoms with Crippen LogP contribution in [-0.4, -0.2) is 36.4 Å². The van der Waals surface area contributed by atoms with E-state index in [-0.39, 0.29) is 22.9 Å². The number of hydrogen-bond donors (Lipinski definition) is 1. The first-order valence-electron chi connectivity index (χ1n) is 7.15. The van der Waals surface area contributed by atoms with Crippen molar-refractivity contribution in [2.45, 2.75) is 58.0 Å². The fourth-order valence-electron chi connectivity index (χ4n) is 2.19. The van der Waals surface area contributed by atoms with Gasteiger partial charge in [0.1, 0.15) is 10.6 Å². The maximum atomic E-state index is 12.7. The Kier molecular flexibility index (Phi) is 5.58. The highest BCUT2D eigenvalue weighted by Crippen LogP contribution is 2.20. The molecule has 21 heavy (non-hydrogen) atoms. The third kappa shape index (κ3) is 4.07. The number of nitrogens with two attached hydrogens (primary N) is 1. The van der Waals surface area contributed by atoms with Gasteiger partial charge >= 0.3 is 0 Å². The molecule has 0 fully saturated rings. The van der Waals surface area contributed by atoms with Gasteiger partial charge in [-0.2, -0.15) is 0 Å². The monoisotopic (exact) mass is 315 g/mol. The van der Waals surface area contributed by atoms with Crippen molar-refractivity contribution in [2.24, 2.45) is 5.14 Å². The van der Waals surface area contributed by atoms with Gasteiger partial charge in [-0.05, 0) is 40.2 Å². The van der Waals surface area contributed by atoms with Gasteiger partial charge in [-0.3, -0.25) is 4.79 Å². The van der Waals surface area contributed by atoms with E-state index in [2.05, 4.69) is 0 Å². The lowest BCUT2D eigenvalue weighted by molar-refractivity contribution is 0.0693. The predicted molar refractivity (Wildman–Crippen MR) is 82.7 cm³/mol. The van der Waals surface area contributed by atoms with Gasteiger partial charge < -0.3 is 9.47 Å². The molecule has 120 valence electrons. The molecule has 0 aliphatic rings. The second kappa shape index (κ2) is 6.62. The van der Waals surface area contributed by atoms with Gasteiger partial charge in [0, 0.05) is 24.8 Å². The molecule has 0 aliphatic carbocycles. The largest absolute Gasteiger partial charge is 0.340 e. The van der Waals surface area contributed by atoms with Gasteiger partial charge in [-0.25, -0.2) is 13.6 Å². The first-order valence-corrected chi connectivity index (χ1v) is 8.69. The van der Waals surface area contributed by atoms with Crippen LogP contribution in [0.25, 0.3) is 0 Å². The third-order valence-electron chi connectivity index (χ3n) is 3.28. The molecule has 1 aromatic rings. The minimum atomic E-state index is -3.82. The molecule has 1 amide bonds. The third-order valence-corrected chi connectivity index (χ3v) is 4.16. The normalized spacial score (nSPS) is 12.2. The summed E-state index contributed by atoms with van der Waals surface area (Å²) in [5.74, 6) is -0.171. The van der Waals surface area contributed by atoms with Crippen LogP contribution < -0.4 is 5.14 Å². The van der Waals surface area contributed by atoms with Gasteiger partial charge in [0.25, 0.3) is 5.91 Å². The van der Waals surface area contributed by atoms with Crippen molar-refractivity contribution in [3.05, 3.63) is 18.0 Å². The number of aromatic nitrogens is 1. The molecule has 0 unspecified atom stereocenters. The number of primary sulfonamides is 1. The molecule has 0 saturated carbocycles. The second-order valence-electron chi connectivity index (χ2n) is 5.70. The highest BCUT2D eigenvalue weighted by Gasteiger charge is 2.25. The Morgan fingerprint density at radius 1 is 1.33 bits per heavy atom. The van der Waals surface area contributed by atoms with E-state index in [0.717, 1.165) is 6.42 Å². The van der Waals surface area contributed by atoms with Crippen molar-refractivity contribution in [3.63, 3.8) is 0 Å². The summed E-state index contributed by atoms with van der Waals surface area (Å²) in [5, 5.41) is 5.17. The average Bonchev–Trinajstić information content (AvgIpc) is 2.79. The van der Waals surface area contributed by atoms with Crippen molar-refractivity contribution >= 4 is 15.9 Å². The molecule has 1 heterocycles. The van der Waals surface area contributed by atoms with Crippen LogP contribution in [0.15, 0.2) is 17.2 Å². The minimum Gasteiger partial charge on any atom is -0.340 e. The Morgan fingerprint density at radius 2 is 1.90 bits per heavy atom. The second-order valence-corrected chi connectivity index (χ2v) is 7.26. The molecular formula is C14H25N3O3S. The van der Waals surface area contributed by atoms with Crippen molar-refractivity contribution in [1.29, 1.82) is 0 Å². The Balaban J connectivity index is 3.33. The standard InChI is InChI=1S/C14H25N3O3S/c1-6-7-16(10(2)3)14(18)13-8-12(21(15,19)20)9-17(13)11(4)5/h8-11H,6-7H2,1-5H3,(H2,15,19,20). The van der Waals surface area contributed by atoms with Gasteiger partial charge in [-0.1, -0.05) is 6.92 Å². The van der Waals surface area contributed by atoms with Crippen LogP contribution in [-0.2, 0) is 10.0 Å². The molecule has 0 bridgehead atoms. The zero-order chi connectivity index (χ0) is 16.4. The lowest BCUT2D eigenvalue weighted by Crippen LogP contribution is -2.38. The van der Waals surface area contributed by atoms with E-state index in [1.165, 1.54) is 12.3 Å². The van der Waals surface area contributed by atoms with E-state index >= 15 is 0 Å². The van der Waals surface area contributed by atoms with Crippen molar-refractivity contribution < 1.29 is 13.2 Å². The first-order chi connectivity index (χ1) is 9.59. The Morgan fingerprint density at radius 3 is 2.29 bits per heavy atom. The van der Waals surface area contributed by atoms with E-state index in [1.807, 2.05) is 34.6 Å². The van der Waals surface area contributed by atoms with Crippen LogP contribution >= 0.6 is 0 Å².